The fourth-order valence-electron chi connectivity index (χ4n) is 2.64. The van der Waals surface area contributed by atoms with Gasteiger partial charge in [0.05, 0.1) is 0 Å². The quantitative estimate of drug-likeness (QED) is 0.460. The van der Waals surface area contributed by atoms with E-state index in [1.165, 1.54) is 29.7 Å². The molecule has 0 saturated carbocycles. The molecular weight excluding hydrogens is 360 g/mol. The van der Waals surface area contributed by atoms with Gasteiger partial charge in [0, 0.05) is 0 Å². The van der Waals surface area contributed by atoms with Crippen molar-refractivity contribution in [1.82, 2.24) is 4.90 Å². The number of fused-ring (bicyclic) bond motifs is 1. The molecule has 1 nitrogen and oxygen atoms in total. The van der Waals surface area contributed by atoms with Gasteiger partial charge in [0.2, 0.25) is 0 Å². The molecule has 0 fully saturated rings. The van der Waals surface area contributed by atoms with Gasteiger partial charge in [0.15, 0.2) is 0 Å². The van der Waals surface area contributed by atoms with Gasteiger partial charge in [-0.2, -0.15) is 5.56 Å². The summed E-state index contributed by atoms with van der Waals surface area (Å²) in [6.07, 6.45) is 4.80. The molecule has 1 aliphatic carbocycles. The Balaban J connectivity index is 0.000000491. The third-order valence-electron chi connectivity index (χ3n) is 3.76. The van der Waals surface area contributed by atoms with Crippen molar-refractivity contribution in [2.45, 2.75) is 33.1 Å². The van der Waals surface area contributed by atoms with Gasteiger partial charge in [0.25, 0.3) is 0 Å². The SMILES string of the molecule is CCN(CC)CCC1[C-]=C(C)c2ccccc21.[Cl][Ti+]([Cl])[Cl]. The van der Waals surface area contributed by atoms with Crippen molar-refractivity contribution >= 4 is 33.5 Å². The Morgan fingerprint density at radius 2 is 1.71 bits per heavy atom. The minimum absolute atomic E-state index is 0.506. The van der Waals surface area contributed by atoms with E-state index >= 15 is 0 Å². The first kappa shape index (κ1) is 19.6. The summed E-state index contributed by atoms with van der Waals surface area (Å²) in [4.78, 5) is 2.48. The van der Waals surface area contributed by atoms with Crippen molar-refractivity contribution in [2.24, 2.45) is 0 Å². The van der Waals surface area contributed by atoms with Crippen molar-refractivity contribution < 1.29 is 14.7 Å². The molecule has 0 bridgehead atoms. The van der Waals surface area contributed by atoms with Gasteiger partial charge in [0.1, 0.15) is 0 Å². The molecule has 116 valence electrons. The molecule has 0 N–H and O–H groups in total. The molecule has 1 unspecified atom stereocenters. The topological polar surface area (TPSA) is 3.24 Å². The summed E-state index contributed by atoms with van der Waals surface area (Å²) in [7, 11) is 14.9. The second-order valence-electron chi connectivity index (χ2n) is 4.94. The van der Waals surface area contributed by atoms with E-state index in [4.69, 9.17) is 27.9 Å². The molecule has 0 amide bonds. The predicted octanol–water partition coefficient (Wildman–Crippen LogP) is 5.79. The van der Waals surface area contributed by atoms with Crippen molar-refractivity contribution in [3.05, 3.63) is 41.5 Å². The Morgan fingerprint density at radius 1 is 1.14 bits per heavy atom. The summed E-state index contributed by atoms with van der Waals surface area (Å²) in [6.45, 7) is 10.1. The fraction of sp³-hybridized carbons (Fsp3) is 0.500. The van der Waals surface area contributed by atoms with E-state index in [0.29, 0.717) is 5.92 Å². The molecule has 0 aliphatic heterocycles. The monoisotopic (exact) mass is 381 g/mol. The Labute approximate surface area is 146 Å². The molecule has 0 radical (unpaired) electrons. The molecule has 1 atom stereocenters. The summed E-state index contributed by atoms with van der Waals surface area (Å²) in [5, 5.41) is 0. The van der Waals surface area contributed by atoms with Crippen LogP contribution in [-0.4, -0.2) is 24.5 Å². The van der Waals surface area contributed by atoms with E-state index in [1.54, 1.807) is 0 Å². The summed E-state index contributed by atoms with van der Waals surface area (Å²) in [5.74, 6) is 0.506. The average Bonchev–Trinajstić information content (AvgIpc) is 2.77. The summed E-state index contributed by atoms with van der Waals surface area (Å²) >= 11 is -1.92. The second kappa shape index (κ2) is 10.3. The van der Waals surface area contributed by atoms with Crippen molar-refractivity contribution in [1.29, 1.82) is 0 Å². The van der Waals surface area contributed by atoms with Crippen LogP contribution in [0.5, 0.6) is 0 Å². The van der Waals surface area contributed by atoms with Crippen LogP contribution in [0.25, 0.3) is 5.57 Å². The number of nitrogens with zero attached hydrogens (tertiary/aromatic N) is 1. The first-order valence-corrected chi connectivity index (χ1v) is 13.7. The van der Waals surface area contributed by atoms with E-state index < -0.39 is 14.7 Å². The Hall–Kier alpha value is 0.504. The van der Waals surface area contributed by atoms with E-state index in [0.717, 1.165) is 13.1 Å². The van der Waals surface area contributed by atoms with Gasteiger partial charge in [-0.15, -0.1) is 11.6 Å². The average molecular weight is 383 g/mol. The third kappa shape index (κ3) is 6.65. The zero-order valence-electron chi connectivity index (χ0n) is 12.8. The first-order chi connectivity index (χ1) is 9.99. The zero-order valence-corrected chi connectivity index (χ0v) is 16.6. The Morgan fingerprint density at radius 3 is 2.29 bits per heavy atom. The van der Waals surface area contributed by atoms with Crippen LogP contribution in [0.1, 0.15) is 44.2 Å². The van der Waals surface area contributed by atoms with Gasteiger partial charge in [-0.1, -0.05) is 44.9 Å². The summed E-state index contributed by atoms with van der Waals surface area (Å²) in [6, 6.07) is 8.74. The van der Waals surface area contributed by atoms with Gasteiger partial charge in [-0.25, -0.2) is 5.57 Å². The van der Waals surface area contributed by atoms with Gasteiger partial charge in [-0.05, 0) is 26.1 Å². The van der Waals surface area contributed by atoms with E-state index in [9.17, 15) is 0 Å². The number of benzene rings is 1. The maximum absolute atomic E-state index is 4.97. The normalized spacial score (nSPS) is 16.1. The minimum atomic E-state index is -1.92. The molecule has 0 aromatic heterocycles. The van der Waals surface area contributed by atoms with Crippen LogP contribution < -0.4 is 0 Å². The molecule has 0 heterocycles. The number of hydrogen-bond acceptors (Lipinski definition) is 1. The predicted molar refractivity (Wildman–Crippen MR) is 91.5 cm³/mol. The van der Waals surface area contributed by atoms with Crippen molar-refractivity contribution in [3.8, 4) is 0 Å². The molecule has 2 rings (SSSR count). The first-order valence-electron chi connectivity index (χ1n) is 7.24. The molecule has 21 heavy (non-hydrogen) atoms. The number of rotatable bonds is 5. The molecule has 0 saturated heterocycles. The van der Waals surface area contributed by atoms with E-state index in [-0.39, 0.29) is 0 Å². The standard InChI is InChI=1S/C16H22N.3ClH.Ti/c1-4-17(5-2)11-10-14-12-13(3)15-8-6-7-9-16(14)15;;;;/h6-9,14H,4-5,10-11H2,1-3H3;3*1H;/q-1;;;;+4/p-3. The van der Waals surface area contributed by atoms with E-state index in [2.05, 4.69) is 56.0 Å². The van der Waals surface area contributed by atoms with Crippen LogP contribution >= 0.6 is 27.9 Å². The van der Waals surface area contributed by atoms with Crippen LogP contribution in [0.15, 0.2) is 24.3 Å². The fourth-order valence-corrected chi connectivity index (χ4v) is 2.64. The maximum atomic E-state index is 4.97. The number of allylic oxidation sites excluding steroid dienone is 2. The van der Waals surface area contributed by atoms with Crippen molar-refractivity contribution in [2.75, 3.05) is 19.6 Å². The second-order valence-corrected chi connectivity index (χ2v) is 12.7. The molecule has 0 spiro atoms. The molecule has 1 aliphatic rings. The van der Waals surface area contributed by atoms with Crippen LogP contribution in [0.2, 0.25) is 0 Å². The van der Waals surface area contributed by atoms with Crippen LogP contribution in [0.3, 0.4) is 0 Å². The number of hydrogen-bond donors (Lipinski definition) is 0. The van der Waals surface area contributed by atoms with Crippen LogP contribution in [-0.2, 0) is 14.7 Å². The van der Waals surface area contributed by atoms with Crippen LogP contribution in [0.4, 0.5) is 0 Å². The number of halogens is 3. The van der Waals surface area contributed by atoms with Gasteiger partial charge in [-0.3, -0.25) is 6.08 Å². The molecular formula is C16H22Cl3NTi. The zero-order chi connectivity index (χ0) is 15.8. The van der Waals surface area contributed by atoms with Crippen LogP contribution in [0, 0.1) is 6.08 Å². The molecule has 1 aromatic rings. The molecule has 5 heteroatoms. The van der Waals surface area contributed by atoms with E-state index in [1.807, 2.05) is 0 Å². The summed E-state index contributed by atoms with van der Waals surface area (Å²) < 4.78 is 0. The molecule has 1 aromatic carbocycles. The van der Waals surface area contributed by atoms with Gasteiger partial charge < -0.3 is 4.90 Å². The third-order valence-corrected chi connectivity index (χ3v) is 3.76. The Bertz CT molecular complexity index is 456. The van der Waals surface area contributed by atoms with Gasteiger partial charge >= 0.3 is 42.6 Å². The Kier molecular flexibility index (Phi) is 9.60. The van der Waals surface area contributed by atoms with Crippen molar-refractivity contribution in [3.63, 3.8) is 0 Å². The summed E-state index contributed by atoms with van der Waals surface area (Å²) in [5.41, 5.74) is 4.19.